The fourth-order valence-electron chi connectivity index (χ4n) is 4.42. The molecule has 220 valence electrons. The number of benzene rings is 3. The molecule has 3 aromatic carbocycles. The predicted molar refractivity (Wildman–Crippen MR) is 164 cm³/mol. The molecule has 2 amide bonds. The van der Waals surface area contributed by atoms with Gasteiger partial charge in [-0.15, -0.1) is 0 Å². The molecule has 0 fully saturated rings. The number of amides is 2. The van der Waals surface area contributed by atoms with Crippen LogP contribution in [0.2, 0.25) is 5.02 Å². The van der Waals surface area contributed by atoms with Crippen molar-refractivity contribution < 1.29 is 22.7 Å². The molecule has 0 heterocycles. The molecule has 0 bridgehead atoms. The summed E-state index contributed by atoms with van der Waals surface area (Å²) in [6, 6.07) is 20.6. The lowest BCUT2D eigenvalue weighted by molar-refractivity contribution is -0.140. The molecule has 10 heteroatoms. The van der Waals surface area contributed by atoms with E-state index in [1.54, 1.807) is 44.4 Å². The molecule has 0 saturated heterocycles. The van der Waals surface area contributed by atoms with Gasteiger partial charge in [0.25, 0.3) is 0 Å². The van der Waals surface area contributed by atoms with Crippen LogP contribution in [0.1, 0.15) is 37.5 Å². The number of halogens is 1. The predicted octanol–water partition coefficient (Wildman–Crippen LogP) is 4.98. The van der Waals surface area contributed by atoms with Gasteiger partial charge in [0.2, 0.25) is 21.8 Å². The van der Waals surface area contributed by atoms with Gasteiger partial charge in [-0.25, -0.2) is 8.42 Å². The van der Waals surface area contributed by atoms with E-state index >= 15 is 0 Å². The molecule has 0 aliphatic carbocycles. The highest BCUT2D eigenvalue weighted by atomic mass is 35.5. The number of sulfonamides is 1. The van der Waals surface area contributed by atoms with Gasteiger partial charge in [0.15, 0.2) is 0 Å². The minimum Gasteiger partial charge on any atom is -0.497 e. The van der Waals surface area contributed by atoms with Gasteiger partial charge in [-0.2, -0.15) is 0 Å². The van der Waals surface area contributed by atoms with Crippen LogP contribution in [-0.2, 0) is 32.6 Å². The molecule has 3 rings (SSSR count). The summed E-state index contributed by atoms with van der Waals surface area (Å²) in [5.41, 5.74) is 1.96. The molecule has 0 aliphatic rings. The molecular weight excluding hydrogens is 562 g/mol. The first-order chi connectivity index (χ1) is 19.2. The van der Waals surface area contributed by atoms with Crippen molar-refractivity contribution in [2.75, 3.05) is 24.2 Å². The van der Waals surface area contributed by atoms with Crippen LogP contribution in [-0.4, -0.2) is 56.6 Å². The van der Waals surface area contributed by atoms with Crippen LogP contribution >= 0.6 is 11.6 Å². The van der Waals surface area contributed by atoms with Crippen LogP contribution in [0.4, 0.5) is 5.69 Å². The average molecular weight is 600 g/mol. The highest BCUT2D eigenvalue weighted by Gasteiger charge is 2.34. The number of carbonyl (C=O) groups is 2. The van der Waals surface area contributed by atoms with E-state index in [9.17, 15) is 18.0 Å². The Kier molecular flexibility index (Phi) is 10.4. The van der Waals surface area contributed by atoms with Crippen molar-refractivity contribution in [1.29, 1.82) is 0 Å². The van der Waals surface area contributed by atoms with Crippen molar-refractivity contribution in [1.82, 2.24) is 10.2 Å². The lowest BCUT2D eigenvalue weighted by atomic mass is 10.0. The van der Waals surface area contributed by atoms with Gasteiger partial charge in [-0.1, -0.05) is 60.1 Å². The molecule has 0 radical (unpaired) electrons. The Morgan fingerprint density at radius 1 is 0.976 bits per heavy atom. The summed E-state index contributed by atoms with van der Waals surface area (Å²) in [6.07, 6.45) is 1.27. The summed E-state index contributed by atoms with van der Waals surface area (Å²) in [4.78, 5) is 29.4. The summed E-state index contributed by atoms with van der Waals surface area (Å²) in [5.74, 6) is -0.286. The molecule has 1 atom stereocenters. The van der Waals surface area contributed by atoms with Gasteiger partial charge >= 0.3 is 0 Å². The van der Waals surface area contributed by atoms with E-state index in [-0.39, 0.29) is 18.9 Å². The van der Waals surface area contributed by atoms with Gasteiger partial charge < -0.3 is 15.0 Å². The largest absolute Gasteiger partial charge is 0.497 e. The third-order valence-corrected chi connectivity index (χ3v) is 7.74. The Balaban J connectivity index is 2.11. The van der Waals surface area contributed by atoms with Crippen LogP contribution in [0.25, 0.3) is 0 Å². The minimum atomic E-state index is -3.90. The Morgan fingerprint density at radius 2 is 1.63 bits per heavy atom. The highest BCUT2D eigenvalue weighted by molar-refractivity contribution is 7.92. The maximum absolute atomic E-state index is 14.2. The first-order valence-corrected chi connectivity index (χ1v) is 15.4. The molecular formula is C31H38ClN3O5S. The van der Waals surface area contributed by atoms with Gasteiger partial charge in [0.05, 0.1) is 19.1 Å². The van der Waals surface area contributed by atoms with E-state index in [1.807, 2.05) is 57.2 Å². The normalized spacial score (nSPS) is 12.4. The summed E-state index contributed by atoms with van der Waals surface area (Å²) in [7, 11) is -2.35. The second-order valence-corrected chi connectivity index (χ2v) is 13.4. The smallest absolute Gasteiger partial charge is 0.244 e. The molecule has 1 N–H and O–H groups in total. The molecule has 0 aliphatic heterocycles. The maximum Gasteiger partial charge on any atom is 0.244 e. The summed E-state index contributed by atoms with van der Waals surface area (Å²) >= 11 is 6.21. The molecule has 0 spiro atoms. The Hall–Kier alpha value is -3.56. The van der Waals surface area contributed by atoms with Crippen molar-refractivity contribution in [2.45, 2.75) is 52.2 Å². The van der Waals surface area contributed by atoms with E-state index in [0.717, 1.165) is 21.7 Å². The van der Waals surface area contributed by atoms with Gasteiger partial charge in [0.1, 0.15) is 18.3 Å². The number of nitrogens with one attached hydrogen (secondary N) is 1. The number of rotatable bonds is 11. The van der Waals surface area contributed by atoms with Gasteiger partial charge in [0, 0.05) is 23.5 Å². The standard InChI is InChI=1S/C31H38ClN3O5S/c1-22-15-16-25(32)19-27(22)35(41(6,38)39)21-29(36)34(20-24-13-10-14-26(17-24)40-5)28(30(37)33-31(2,3)4)18-23-11-8-7-9-12-23/h7-17,19,28H,18,20-21H2,1-6H3,(H,33,37)/t28-/m0/s1. The van der Waals surface area contributed by atoms with Gasteiger partial charge in [-0.3, -0.25) is 13.9 Å². The summed E-state index contributed by atoms with van der Waals surface area (Å²) in [5, 5.41) is 3.35. The summed E-state index contributed by atoms with van der Waals surface area (Å²) in [6.45, 7) is 6.89. The number of nitrogens with zero attached hydrogens (tertiary/aromatic N) is 2. The first kappa shape index (κ1) is 32.0. The number of hydrogen-bond donors (Lipinski definition) is 1. The van der Waals surface area contributed by atoms with Crippen molar-refractivity contribution >= 4 is 39.1 Å². The third-order valence-electron chi connectivity index (χ3n) is 6.38. The van der Waals surface area contributed by atoms with E-state index in [0.29, 0.717) is 22.0 Å². The lowest BCUT2D eigenvalue weighted by Gasteiger charge is -2.35. The number of anilines is 1. The van der Waals surface area contributed by atoms with Crippen LogP contribution in [0.5, 0.6) is 5.75 Å². The van der Waals surface area contributed by atoms with E-state index in [1.165, 1.54) is 11.0 Å². The fraction of sp³-hybridized carbons (Fsp3) is 0.355. The third kappa shape index (κ3) is 9.23. The van der Waals surface area contributed by atoms with Crippen LogP contribution in [0.15, 0.2) is 72.8 Å². The molecule has 0 aromatic heterocycles. The van der Waals surface area contributed by atoms with Crippen LogP contribution in [0.3, 0.4) is 0 Å². The Labute approximate surface area is 248 Å². The maximum atomic E-state index is 14.2. The first-order valence-electron chi connectivity index (χ1n) is 13.2. The summed E-state index contributed by atoms with van der Waals surface area (Å²) < 4.78 is 32.4. The fourth-order valence-corrected chi connectivity index (χ4v) is 5.49. The molecule has 3 aromatic rings. The average Bonchev–Trinajstić information content (AvgIpc) is 2.89. The van der Waals surface area contributed by atoms with Crippen molar-refractivity contribution in [2.24, 2.45) is 0 Å². The quantitative estimate of drug-likeness (QED) is 0.335. The van der Waals surface area contributed by atoms with Crippen molar-refractivity contribution in [3.05, 3.63) is 94.5 Å². The lowest BCUT2D eigenvalue weighted by Crippen LogP contribution is -2.56. The second kappa shape index (κ2) is 13.4. The van der Waals surface area contributed by atoms with Crippen LogP contribution < -0.4 is 14.4 Å². The number of methoxy groups -OCH3 is 1. The molecule has 0 unspecified atom stereocenters. The zero-order chi connectivity index (χ0) is 30.4. The Bertz CT molecular complexity index is 1470. The zero-order valence-electron chi connectivity index (χ0n) is 24.3. The van der Waals surface area contributed by atoms with E-state index in [2.05, 4.69) is 5.32 Å². The monoisotopic (exact) mass is 599 g/mol. The van der Waals surface area contributed by atoms with Gasteiger partial charge in [-0.05, 0) is 68.7 Å². The van der Waals surface area contributed by atoms with E-state index in [4.69, 9.17) is 16.3 Å². The van der Waals surface area contributed by atoms with E-state index < -0.39 is 34.1 Å². The number of hydrogen-bond acceptors (Lipinski definition) is 5. The number of ether oxygens (including phenoxy) is 1. The molecule has 8 nitrogen and oxygen atoms in total. The zero-order valence-corrected chi connectivity index (χ0v) is 25.9. The SMILES string of the molecule is COc1cccc(CN(C(=O)CN(c2cc(Cl)ccc2C)S(C)(=O)=O)[C@@H](Cc2ccccc2)C(=O)NC(C)(C)C)c1. The highest BCUT2D eigenvalue weighted by Crippen LogP contribution is 2.27. The minimum absolute atomic E-state index is 0.0528. The van der Waals surface area contributed by atoms with Crippen molar-refractivity contribution in [3.63, 3.8) is 0 Å². The van der Waals surface area contributed by atoms with Crippen LogP contribution in [0, 0.1) is 6.92 Å². The topological polar surface area (TPSA) is 96.0 Å². The molecule has 41 heavy (non-hydrogen) atoms. The molecule has 0 saturated carbocycles. The second-order valence-electron chi connectivity index (χ2n) is 11.0. The number of aryl methyl sites for hydroxylation is 1. The van der Waals surface area contributed by atoms with Crippen molar-refractivity contribution in [3.8, 4) is 5.75 Å². The Morgan fingerprint density at radius 3 is 2.24 bits per heavy atom. The number of carbonyl (C=O) groups excluding carboxylic acids is 2.